The van der Waals surface area contributed by atoms with Crippen molar-refractivity contribution in [3.8, 4) is 0 Å². The van der Waals surface area contributed by atoms with Crippen LogP contribution in [0, 0.1) is 0 Å². The molecule has 2 aromatic rings. The van der Waals surface area contributed by atoms with Crippen molar-refractivity contribution in [3.63, 3.8) is 0 Å². The number of benzene rings is 2. The molecule has 0 aliphatic rings. The molecular weight excluding hydrogens is 378 g/mol. The second kappa shape index (κ2) is 9.26. The molecular formula is C18H16ClNO5S. The van der Waals surface area contributed by atoms with Gasteiger partial charge in [0.05, 0.1) is 31.1 Å². The molecule has 6 nitrogen and oxygen atoms in total. The molecule has 1 N–H and O–H groups in total. The lowest BCUT2D eigenvalue weighted by atomic mass is 10.1. The molecule has 0 atom stereocenters. The number of hydrogen-bond donors (Lipinski definition) is 1. The standard InChI is InChI=1S/C18H16ClNO5S/c1-24-17(22)11-7-12(18(23)25-2)9-14(8-11)20-16(21)10-26-15-5-3-13(19)4-6-15/h3-9H,10H2,1-2H3,(H,20,21). The summed E-state index contributed by atoms with van der Waals surface area (Å²) in [6, 6.07) is 11.3. The Bertz CT molecular complexity index is 789. The smallest absolute Gasteiger partial charge is 0.337 e. The molecule has 8 heteroatoms. The lowest BCUT2D eigenvalue weighted by Crippen LogP contribution is -2.16. The van der Waals surface area contributed by atoms with Gasteiger partial charge in [-0.1, -0.05) is 11.6 Å². The Balaban J connectivity index is 2.11. The molecule has 0 aliphatic carbocycles. The number of rotatable bonds is 6. The first-order chi connectivity index (χ1) is 12.4. The summed E-state index contributed by atoms with van der Waals surface area (Å²) in [5.41, 5.74) is 0.571. The van der Waals surface area contributed by atoms with Crippen molar-refractivity contribution in [3.05, 3.63) is 58.6 Å². The monoisotopic (exact) mass is 393 g/mol. The first kappa shape index (κ1) is 19.8. The van der Waals surface area contributed by atoms with Crippen LogP contribution >= 0.6 is 23.4 Å². The molecule has 0 aromatic heterocycles. The fraction of sp³-hybridized carbons (Fsp3) is 0.167. The van der Waals surface area contributed by atoms with E-state index in [0.717, 1.165) is 4.90 Å². The Morgan fingerprint density at radius 3 is 2.00 bits per heavy atom. The van der Waals surface area contributed by atoms with Gasteiger partial charge in [-0.3, -0.25) is 4.79 Å². The molecule has 0 heterocycles. The van der Waals surface area contributed by atoms with Crippen molar-refractivity contribution < 1.29 is 23.9 Å². The van der Waals surface area contributed by atoms with Gasteiger partial charge in [0, 0.05) is 15.6 Å². The third kappa shape index (κ3) is 5.50. The second-order valence-corrected chi connectivity index (χ2v) is 6.56. The van der Waals surface area contributed by atoms with Crippen molar-refractivity contribution >= 4 is 46.9 Å². The summed E-state index contributed by atoms with van der Waals surface area (Å²) >= 11 is 7.15. The number of amides is 1. The zero-order chi connectivity index (χ0) is 19.1. The third-order valence-electron chi connectivity index (χ3n) is 3.24. The minimum atomic E-state index is -0.623. The largest absolute Gasteiger partial charge is 0.465 e. The predicted molar refractivity (Wildman–Crippen MR) is 99.9 cm³/mol. The van der Waals surface area contributed by atoms with Gasteiger partial charge < -0.3 is 14.8 Å². The van der Waals surface area contributed by atoms with E-state index >= 15 is 0 Å². The van der Waals surface area contributed by atoms with Crippen LogP contribution in [-0.2, 0) is 14.3 Å². The minimum Gasteiger partial charge on any atom is -0.465 e. The fourth-order valence-electron chi connectivity index (χ4n) is 2.05. The fourth-order valence-corrected chi connectivity index (χ4v) is 2.87. The van der Waals surface area contributed by atoms with E-state index in [0.29, 0.717) is 10.7 Å². The van der Waals surface area contributed by atoms with Gasteiger partial charge in [-0.2, -0.15) is 0 Å². The van der Waals surface area contributed by atoms with Crippen LogP contribution in [0.1, 0.15) is 20.7 Å². The highest BCUT2D eigenvalue weighted by Gasteiger charge is 2.15. The maximum Gasteiger partial charge on any atom is 0.337 e. The summed E-state index contributed by atoms with van der Waals surface area (Å²) < 4.78 is 9.32. The van der Waals surface area contributed by atoms with Crippen LogP contribution in [0.5, 0.6) is 0 Å². The van der Waals surface area contributed by atoms with Crippen LogP contribution in [0.4, 0.5) is 5.69 Å². The minimum absolute atomic E-state index is 0.135. The molecule has 26 heavy (non-hydrogen) atoms. The van der Waals surface area contributed by atoms with Gasteiger partial charge >= 0.3 is 11.9 Å². The molecule has 0 fully saturated rings. The normalized spacial score (nSPS) is 10.1. The molecule has 0 spiro atoms. The molecule has 1 amide bonds. The van der Waals surface area contributed by atoms with Crippen molar-refractivity contribution in [2.75, 3.05) is 25.3 Å². The number of esters is 2. The predicted octanol–water partition coefficient (Wildman–Crippen LogP) is 3.64. The molecule has 0 radical (unpaired) electrons. The van der Waals surface area contributed by atoms with E-state index in [1.54, 1.807) is 12.1 Å². The third-order valence-corrected chi connectivity index (χ3v) is 4.51. The van der Waals surface area contributed by atoms with E-state index in [1.165, 1.54) is 44.2 Å². The number of carbonyl (C=O) groups excluding carboxylic acids is 3. The van der Waals surface area contributed by atoms with E-state index in [1.807, 2.05) is 12.1 Å². The van der Waals surface area contributed by atoms with Gasteiger partial charge in [0.1, 0.15) is 0 Å². The summed E-state index contributed by atoms with van der Waals surface area (Å²) in [7, 11) is 2.46. The van der Waals surface area contributed by atoms with Crippen molar-refractivity contribution in [2.45, 2.75) is 4.90 Å². The van der Waals surface area contributed by atoms with Gasteiger partial charge in [0.25, 0.3) is 0 Å². The Kier molecular flexibility index (Phi) is 7.06. The second-order valence-electron chi connectivity index (χ2n) is 5.07. The topological polar surface area (TPSA) is 81.7 Å². The molecule has 0 bridgehead atoms. The molecule has 0 aliphatic heterocycles. The van der Waals surface area contributed by atoms with E-state index < -0.39 is 11.9 Å². The average molecular weight is 394 g/mol. The van der Waals surface area contributed by atoms with Crippen molar-refractivity contribution in [1.82, 2.24) is 0 Å². The quantitative estimate of drug-likeness (QED) is 0.596. The number of hydrogen-bond acceptors (Lipinski definition) is 6. The Morgan fingerprint density at radius 2 is 1.50 bits per heavy atom. The molecule has 0 saturated carbocycles. The van der Waals surface area contributed by atoms with Crippen LogP contribution in [-0.4, -0.2) is 37.8 Å². The highest BCUT2D eigenvalue weighted by molar-refractivity contribution is 8.00. The molecule has 0 saturated heterocycles. The van der Waals surface area contributed by atoms with Crippen molar-refractivity contribution in [1.29, 1.82) is 0 Å². The summed E-state index contributed by atoms with van der Waals surface area (Å²) in [6.07, 6.45) is 0. The summed E-state index contributed by atoms with van der Waals surface area (Å²) in [4.78, 5) is 36.6. The maximum atomic E-state index is 12.2. The number of thioether (sulfide) groups is 1. The van der Waals surface area contributed by atoms with Crippen molar-refractivity contribution in [2.24, 2.45) is 0 Å². The van der Waals surface area contributed by atoms with Crippen LogP contribution < -0.4 is 5.32 Å². The van der Waals surface area contributed by atoms with Gasteiger partial charge in [0.15, 0.2) is 0 Å². The number of halogens is 1. The zero-order valence-electron chi connectivity index (χ0n) is 14.1. The number of carbonyl (C=O) groups is 3. The Morgan fingerprint density at radius 1 is 0.962 bits per heavy atom. The SMILES string of the molecule is COC(=O)c1cc(NC(=O)CSc2ccc(Cl)cc2)cc(C(=O)OC)c1. The molecule has 136 valence electrons. The van der Waals surface area contributed by atoms with Crippen LogP contribution in [0.2, 0.25) is 5.02 Å². The van der Waals surface area contributed by atoms with Gasteiger partial charge in [-0.25, -0.2) is 9.59 Å². The van der Waals surface area contributed by atoms with Crippen LogP contribution in [0.3, 0.4) is 0 Å². The average Bonchev–Trinajstić information content (AvgIpc) is 2.65. The summed E-state index contributed by atoms with van der Waals surface area (Å²) in [5, 5.41) is 3.28. The van der Waals surface area contributed by atoms with Gasteiger partial charge in [-0.05, 0) is 42.5 Å². The highest BCUT2D eigenvalue weighted by Crippen LogP contribution is 2.21. The van der Waals surface area contributed by atoms with Crippen LogP contribution in [0.25, 0.3) is 0 Å². The molecule has 2 aromatic carbocycles. The van der Waals surface area contributed by atoms with E-state index in [-0.39, 0.29) is 22.8 Å². The number of anilines is 1. The first-order valence-electron chi connectivity index (χ1n) is 7.43. The van der Waals surface area contributed by atoms with E-state index in [2.05, 4.69) is 14.8 Å². The van der Waals surface area contributed by atoms with Gasteiger partial charge in [-0.15, -0.1) is 11.8 Å². The Hall–Kier alpha value is -2.51. The van der Waals surface area contributed by atoms with Gasteiger partial charge in [0.2, 0.25) is 5.91 Å². The number of nitrogens with one attached hydrogen (secondary N) is 1. The van der Waals surface area contributed by atoms with Crippen LogP contribution in [0.15, 0.2) is 47.4 Å². The first-order valence-corrected chi connectivity index (χ1v) is 8.79. The Labute approximate surface area is 159 Å². The van der Waals surface area contributed by atoms with E-state index in [9.17, 15) is 14.4 Å². The maximum absolute atomic E-state index is 12.2. The molecule has 2 rings (SSSR count). The summed E-state index contributed by atoms with van der Waals surface area (Å²) in [6.45, 7) is 0. The summed E-state index contributed by atoms with van der Waals surface area (Å²) in [5.74, 6) is -1.39. The lowest BCUT2D eigenvalue weighted by molar-refractivity contribution is -0.113. The molecule has 0 unspecified atom stereocenters. The lowest BCUT2D eigenvalue weighted by Gasteiger charge is -2.09. The number of methoxy groups -OCH3 is 2. The zero-order valence-corrected chi connectivity index (χ0v) is 15.6. The van der Waals surface area contributed by atoms with E-state index in [4.69, 9.17) is 11.6 Å². The highest BCUT2D eigenvalue weighted by atomic mass is 35.5. The number of ether oxygens (including phenoxy) is 2.